The molecule has 0 aliphatic carbocycles. The highest BCUT2D eigenvalue weighted by atomic mass is 79.9. The second-order valence-electron chi connectivity index (χ2n) is 1.83. The molecule has 0 spiro atoms. The number of carbonyl (C=O) groups excluding carboxylic acids is 1. The molecule has 0 saturated heterocycles. The van der Waals surface area contributed by atoms with Crippen molar-refractivity contribution in [3.8, 4) is 0 Å². The lowest BCUT2D eigenvalue weighted by Gasteiger charge is -1.97. The van der Waals surface area contributed by atoms with Crippen LogP contribution >= 0.6 is 31.9 Å². The summed E-state index contributed by atoms with van der Waals surface area (Å²) in [6.07, 6.45) is 0. The van der Waals surface area contributed by atoms with E-state index in [2.05, 4.69) is 47.7 Å². The molecule has 1 radical (unpaired) electrons. The molecule has 1 rings (SSSR count). The summed E-state index contributed by atoms with van der Waals surface area (Å²) in [5.74, 6) is 0.266. The van der Waals surface area contributed by atoms with E-state index in [0.29, 0.717) is 14.9 Å². The van der Waals surface area contributed by atoms with E-state index >= 15 is 0 Å². The van der Waals surface area contributed by atoms with Crippen LogP contribution in [0.15, 0.2) is 14.2 Å². The Morgan fingerprint density at radius 2 is 2.18 bits per heavy atom. The van der Waals surface area contributed by atoms with Crippen molar-refractivity contribution in [1.82, 2.24) is 10.7 Å². The van der Waals surface area contributed by atoms with E-state index in [1.807, 2.05) is 0 Å². The Labute approximate surface area is 80.4 Å². The Hall–Kier alpha value is -0.360. The molecule has 0 unspecified atom stereocenters. The van der Waals surface area contributed by atoms with Gasteiger partial charge < -0.3 is 5.32 Å². The van der Waals surface area contributed by atoms with Crippen molar-refractivity contribution in [2.75, 3.05) is 0 Å². The first kappa shape index (κ1) is 8.73. The number of carbonyl (C=O) groups is 1. The summed E-state index contributed by atoms with van der Waals surface area (Å²) in [5.41, 5.74) is 3.67. The molecule has 0 fully saturated rings. The fraction of sp³-hybridized carbons (Fsp3) is 0.200. The van der Waals surface area contributed by atoms with Crippen molar-refractivity contribution >= 4 is 43.6 Å². The first-order chi connectivity index (χ1) is 5.11. The van der Waals surface area contributed by atoms with Gasteiger partial charge in [-0.3, -0.25) is 4.79 Å². The van der Waals surface area contributed by atoms with Gasteiger partial charge in [0.2, 0.25) is 5.91 Å². The van der Waals surface area contributed by atoms with Crippen molar-refractivity contribution in [2.45, 2.75) is 6.92 Å². The third-order valence-corrected chi connectivity index (χ3v) is 2.76. The maximum atomic E-state index is 10.6. The lowest BCUT2D eigenvalue weighted by Crippen LogP contribution is -2.27. The van der Waals surface area contributed by atoms with Gasteiger partial charge in [-0.15, -0.1) is 10.5 Å². The Morgan fingerprint density at radius 1 is 1.55 bits per heavy atom. The van der Waals surface area contributed by atoms with E-state index in [4.69, 9.17) is 0 Å². The Kier molecular flexibility index (Phi) is 2.67. The van der Waals surface area contributed by atoms with Crippen molar-refractivity contribution in [1.29, 1.82) is 0 Å². The summed E-state index contributed by atoms with van der Waals surface area (Å²) in [7, 11) is 0. The molecule has 1 amide bonds. The van der Waals surface area contributed by atoms with Gasteiger partial charge in [0.15, 0.2) is 5.84 Å². The highest BCUT2D eigenvalue weighted by Crippen LogP contribution is 2.21. The molecule has 1 N–H and O–H groups in total. The standard InChI is InChI=1S/C5H4Br2N3O/c1-2(11)8-5-3(6)4(7)9-10-5/h1H3,(H,8,10,11). The largest absolute Gasteiger partial charge is 0.308 e. The second kappa shape index (κ2) is 3.36. The van der Waals surface area contributed by atoms with Gasteiger partial charge >= 0.3 is 0 Å². The van der Waals surface area contributed by atoms with Crippen LogP contribution in [0.25, 0.3) is 0 Å². The minimum absolute atomic E-state index is 0.168. The van der Waals surface area contributed by atoms with E-state index in [1.54, 1.807) is 0 Å². The van der Waals surface area contributed by atoms with Crippen LogP contribution in [-0.2, 0) is 4.79 Å². The average molecular weight is 282 g/mol. The minimum Gasteiger partial charge on any atom is -0.308 e. The number of amidine groups is 1. The number of nitrogens with one attached hydrogen (secondary N) is 1. The van der Waals surface area contributed by atoms with Gasteiger partial charge in [0, 0.05) is 6.92 Å². The van der Waals surface area contributed by atoms with E-state index in [9.17, 15) is 4.79 Å². The van der Waals surface area contributed by atoms with Gasteiger partial charge in [0.25, 0.3) is 0 Å². The molecule has 4 nitrogen and oxygen atoms in total. The summed E-state index contributed by atoms with van der Waals surface area (Å²) in [6.45, 7) is 1.41. The van der Waals surface area contributed by atoms with Gasteiger partial charge in [-0.05, 0) is 31.9 Å². The second-order valence-corrected chi connectivity index (χ2v) is 3.38. The predicted molar refractivity (Wildman–Crippen MR) is 48.3 cm³/mol. The molecule has 0 aromatic rings. The van der Waals surface area contributed by atoms with Gasteiger partial charge in [-0.2, -0.15) is 0 Å². The first-order valence-electron chi connectivity index (χ1n) is 2.73. The van der Waals surface area contributed by atoms with E-state index < -0.39 is 0 Å². The molecule has 1 aliphatic rings. The van der Waals surface area contributed by atoms with Crippen molar-refractivity contribution in [3.63, 3.8) is 0 Å². The molecule has 59 valence electrons. The first-order valence-corrected chi connectivity index (χ1v) is 4.32. The number of nitrogens with zero attached hydrogens (tertiary/aromatic N) is 2. The van der Waals surface area contributed by atoms with Gasteiger partial charge in [-0.1, -0.05) is 0 Å². The number of rotatable bonds is 0. The summed E-state index contributed by atoms with van der Waals surface area (Å²) < 4.78 is 1.24. The fourth-order valence-electron chi connectivity index (χ4n) is 0.526. The van der Waals surface area contributed by atoms with E-state index in [1.165, 1.54) is 6.92 Å². The maximum Gasteiger partial charge on any atom is 0.222 e. The van der Waals surface area contributed by atoms with Crippen LogP contribution in [0, 0.1) is 0 Å². The third kappa shape index (κ3) is 2.03. The summed E-state index contributed by atoms with van der Waals surface area (Å²) in [4.78, 5) is 10.6. The van der Waals surface area contributed by atoms with E-state index in [-0.39, 0.29) is 5.91 Å². The predicted octanol–water partition coefficient (Wildman–Crippen LogP) is 1.01. The molecule has 0 aromatic heterocycles. The Bertz CT molecular complexity index is 258. The van der Waals surface area contributed by atoms with Crippen LogP contribution in [0.5, 0.6) is 0 Å². The molecule has 0 bridgehead atoms. The van der Waals surface area contributed by atoms with Crippen LogP contribution in [0.4, 0.5) is 0 Å². The summed E-state index contributed by atoms with van der Waals surface area (Å²) >= 11 is 6.33. The van der Waals surface area contributed by atoms with Crippen molar-refractivity contribution in [2.24, 2.45) is 5.10 Å². The zero-order valence-electron chi connectivity index (χ0n) is 5.56. The number of amides is 1. The van der Waals surface area contributed by atoms with Crippen LogP contribution in [-0.4, -0.2) is 11.7 Å². The Morgan fingerprint density at radius 3 is 2.55 bits per heavy atom. The maximum absolute atomic E-state index is 10.6. The smallest absolute Gasteiger partial charge is 0.222 e. The Balaban J connectivity index is 2.69. The van der Waals surface area contributed by atoms with Gasteiger partial charge in [0.05, 0.1) is 4.48 Å². The minimum atomic E-state index is -0.168. The highest BCUT2D eigenvalue weighted by molar-refractivity contribution is 9.14. The molecule has 1 heterocycles. The molecule has 11 heavy (non-hydrogen) atoms. The lowest BCUT2D eigenvalue weighted by atomic mass is 10.5. The summed E-state index contributed by atoms with van der Waals surface area (Å²) in [5, 5.41) is 6.18. The third-order valence-electron chi connectivity index (χ3n) is 0.921. The monoisotopic (exact) mass is 280 g/mol. The molecule has 1 aliphatic heterocycles. The lowest BCUT2D eigenvalue weighted by molar-refractivity contribution is -0.117. The molecule has 6 heteroatoms. The van der Waals surface area contributed by atoms with E-state index in [0.717, 1.165) is 0 Å². The zero-order chi connectivity index (χ0) is 8.43. The van der Waals surface area contributed by atoms with Crippen LogP contribution in [0.2, 0.25) is 0 Å². The van der Waals surface area contributed by atoms with Crippen molar-refractivity contribution in [3.05, 3.63) is 9.09 Å². The zero-order valence-corrected chi connectivity index (χ0v) is 8.73. The molecule has 0 aromatic carbocycles. The topological polar surface area (TPSA) is 55.6 Å². The van der Waals surface area contributed by atoms with Crippen molar-refractivity contribution < 1.29 is 4.79 Å². The molecular formula is C5H4Br2N3O. The quantitative estimate of drug-likeness (QED) is 0.662. The molecular weight excluding hydrogens is 278 g/mol. The average Bonchev–Trinajstić information content (AvgIpc) is 2.18. The normalized spacial score (nSPS) is 16.1. The van der Waals surface area contributed by atoms with Crippen LogP contribution in [0.3, 0.4) is 0 Å². The van der Waals surface area contributed by atoms with Crippen LogP contribution in [0.1, 0.15) is 6.92 Å². The number of hydrogen-bond acceptors (Lipinski definition) is 2. The fourth-order valence-corrected chi connectivity index (χ4v) is 1.05. The SMILES string of the molecule is CC(=O)NC1=N[N]C(Br)=C1Br. The molecule has 0 atom stereocenters. The number of halogens is 2. The molecule has 0 saturated carbocycles. The van der Waals surface area contributed by atoms with Gasteiger partial charge in [-0.25, -0.2) is 0 Å². The van der Waals surface area contributed by atoms with Gasteiger partial charge in [0.1, 0.15) is 4.61 Å². The summed E-state index contributed by atoms with van der Waals surface area (Å²) in [6, 6.07) is 0. The van der Waals surface area contributed by atoms with Crippen LogP contribution < -0.4 is 10.7 Å². The highest BCUT2D eigenvalue weighted by Gasteiger charge is 2.17. The number of hydrogen-bond donors (Lipinski definition) is 1.